The number of ether oxygens (including phenoxy) is 1. The van der Waals surface area contributed by atoms with Gasteiger partial charge in [-0.2, -0.15) is 0 Å². The molecule has 0 atom stereocenters. The van der Waals surface area contributed by atoms with Crippen LogP contribution in [0.15, 0.2) is 0 Å². The van der Waals surface area contributed by atoms with Crippen LogP contribution in [0.25, 0.3) is 0 Å². The summed E-state index contributed by atoms with van der Waals surface area (Å²) in [4.78, 5) is 21.0. The molecule has 0 unspecified atom stereocenters. The topological polar surface area (TPSA) is 99.1 Å². The second kappa shape index (κ2) is 6.35. The van der Waals surface area contributed by atoms with Gasteiger partial charge in [0.2, 0.25) is 0 Å². The Morgan fingerprint density at radius 2 is 2.08 bits per heavy atom. The fourth-order valence-electron chi connectivity index (χ4n) is 0.651. The number of aliphatic hydroxyl groups is 1. The fraction of sp³-hybridized carbons (Fsp3) is 0.667. The zero-order chi connectivity index (χ0) is 10.3. The number of carboxylic acid groups (broad SMARTS) is 1. The van der Waals surface area contributed by atoms with Crippen LogP contribution in [0.1, 0.15) is 0 Å². The SMILES string of the molecule is CNN(CC(=O)O)CC(=O)OCO. The van der Waals surface area contributed by atoms with Crippen molar-refractivity contribution in [2.45, 2.75) is 0 Å². The van der Waals surface area contributed by atoms with Gasteiger partial charge in [-0.15, -0.1) is 0 Å². The summed E-state index contributed by atoms with van der Waals surface area (Å²) in [5.74, 6) is -1.76. The normalized spacial score (nSPS) is 10.1. The number of aliphatic carboxylic acids is 1. The largest absolute Gasteiger partial charge is 0.480 e. The van der Waals surface area contributed by atoms with E-state index < -0.39 is 18.7 Å². The number of hydrogen-bond acceptors (Lipinski definition) is 6. The maximum absolute atomic E-state index is 10.7. The van der Waals surface area contributed by atoms with Gasteiger partial charge in [-0.1, -0.05) is 0 Å². The highest BCUT2D eigenvalue weighted by Gasteiger charge is 2.12. The molecular weight excluding hydrogens is 180 g/mol. The zero-order valence-electron chi connectivity index (χ0n) is 7.19. The minimum atomic E-state index is -1.06. The quantitative estimate of drug-likeness (QED) is 0.254. The summed E-state index contributed by atoms with van der Waals surface area (Å²) in [7, 11) is 1.48. The molecule has 0 amide bonds. The third kappa shape index (κ3) is 6.02. The number of aliphatic hydroxyl groups excluding tert-OH is 1. The Bertz CT molecular complexity index is 184. The van der Waals surface area contributed by atoms with E-state index in [1.165, 1.54) is 7.05 Å². The molecule has 0 aliphatic rings. The molecule has 0 saturated carbocycles. The summed E-state index contributed by atoms with van der Waals surface area (Å²) < 4.78 is 4.20. The van der Waals surface area contributed by atoms with E-state index in [2.05, 4.69) is 10.2 Å². The lowest BCUT2D eigenvalue weighted by molar-refractivity contribution is -0.154. The first-order chi connectivity index (χ1) is 6.10. The smallest absolute Gasteiger partial charge is 0.323 e. The van der Waals surface area contributed by atoms with Crippen molar-refractivity contribution in [2.75, 3.05) is 26.9 Å². The third-order valence-corrected chi connectivity index (χ3v) is 1.19. The van der Waals surface area contributed by atoms with Crippen LogP contribution in [0.2, 0.25) is 0 Å². The summed E-state index contributed by atoms with van der Waals surface area (Å²) in [5, 5.41) is 17.7. The third-order valence-electron chi connectivity index (χ3n) is 1.19. The van der Waals surface area contributed by atoms with Gasteiger partial charge in [-0.05, 0) is 7.05 Å². The second-order valence-electron chi connectivity index (χ2n) is 2.12. The summed E-state index contributed by atoms with van der Waals surface area (Å²) in [6.07, 6.45) is 0. The highest BCUT2D eigenvalue weighted by molar-refractivity contribution is 5.73. The van der Waals surface area contributed by atoms with E-state index >= 15 is 0 Å². The van der Waals surface area contributed by atoms with Crippen molar-refractivity contribution in [3.8, 4) is 0 Å². The maximum Gasteiger partial charge on any atom is 0.323 e. The first kappa shape index (κ1) is 11.8. The predicted molar refractivity (Wildman–Crippen MR) is 41.4 cm³/mol. The summed E-state index contributed by atoms with van der Waals surface area (Å²) in [6.45, 7) is -1.26. The molecule has 3 N–H and O–H groups in total. The van der Waals surface area contributed by atoms with Crippen molar-refractivity contribution in [3.05, 3.63) is 0 Å². The molecule has 0 bridgehead atoms. The lowest BCUT2D eigenvalue weighted by Crippen LogP contribution is -2.43. The number of rotatable bonds is 6. The van der Waals surface area contributed by atoms with Crippen LogP contribution >= 0.6 is 0 Å². The first-order valence-corrected chi connectivity index (χ1v) is 3.50. The molecule has 0 aliphatic heterocycles. The molecule has 0 aromatic carbocycles. The number of carbonyl (C=O) groups excluding carboxylic acids is 1. The molecule has 0 aromatic heterocycles. The molecule has 0 spiro atoms. The van der Waals surface area contributed by atoms with Gasteiger partial charge in [0.1, 0.15) is 13.1 Å². The number of nitrogens with zero attached hydrogens (tertiary/aromatic N) is 1. The average Bonchev–Trinajstić information content (AvgIpc) is 2.02. The van der Waals surface area contributed by atoms with Crippen LogP contribution in [-0.4, -0.2) is 54.1 Å². The number of hydrogen-bond donors (Lipinski definition) is 3. The Hall–Kier alpha value is -1.18. The Kier molecular flexibility index (Phi) is 5.77. The molecule has 0 aliphatic carbocycles. The van der Waals surface area contributed by atoms with Gasteiger partial charge < -0.3 is 14.9 Å². The van der Waals surface area contributed by atoms with E-state index in [4.69, 9.17) is 10.2 Å². The van der Waals surface area contributed by atoms with Gasteiger partial charge in [-0.25, -0.2) is 5.01 Å². The van der Waals surface area contributed by atoms with E-state index in [0.717, 1.165) is 5.01 Å². The molecule has 7 heteroatoms. The van der Waals surface area contributed by atoms with Gasteiger partial charge in [0.25, 0.3) is 0 Å². The predicted octanol–water partition coefficient (Wildman–Crippen LogP) is -2.00. The van der Waals surface area contributed by atoms with E-state index in [-0.39, 0.29) is 13.1 Å². The summed E-state index contributed by atoms with van der Waals surface area (Å²) in [5.41, 5.74) is 2.49. The van der Waals surface area contributed by atoms with Crippen molar-refractivity contribution in [2.24, 2.45) is 0 Å². The van der Waals surface area contributed by atoms with Crippen LogP contribution in [0.4, 0.5) is 0 Å². The summed E-state index contributed by atoms with van der Waals surface area (Å²) in [6, 6.07) is 0. The van der Waals surface area contributed by atoms with Crippen LogP contribution < -0.4 is 5.43 Å². The number of carbonyl (C=O) groups is 2. The van der Waals surface area contributed by atoms with Crippen LogP contribution in [0.5, 0.6) is 0 Å². The average molecular weight is 192 g/mol. The first-order valence-electron chi connectivity index (χ1n) is 3.50. The number of esters is 1. The second-order valence-corrected chi connectivity index (χ2v) is 2.12. The molecule has 0 heterocycles. The van der Waals surface area contributed by atoms with E-state index in [9.17, 15) is 9.59 Å². The van der Waals surface area contributed by atoms with Gasteiger partial charge in [0, 0.05) is 0 Å². The number of nitrogens with one attached hydrogen (secondary N) is 1. The number of carboxylic acids is 1. The van der Waals surface area contributed by atoms with Crippen molar-refractivity contribution >= 4 is 11.9 Å². The molecular formula is C6H12N2O5. The van der Waals surface area contributed by atoms with E-state index in [1.54, 1.807) is 0 Å². The van der Waals surface area contributed by atoms with E-state index in [0.29, 0.717) is 0 Å². The van der Waals surface area contributed by atoms with Crippen LogP contribution in [-0.2, 0) is 14.3 Å². The molecule has 0 radical (unpaired) electrons. The Labute approximate surface area is 74.9 Å². The lowest BCUT2D eigenvalue weighted by Gasteiger charge is -2.16. The van der Waals surface area contributed by atoms with Gasteiger partial charge in [0.15, 0.2) is 6.79 Å². The van der Waals surface area contributed by atoms with E-state index in [1.807, 2.05) is 0 Å². The van der Waals surface area contributed by atoms with Crippen LogP contribution in [0, 0.1) is 0 Å². The van der Waals surface area contributed by atoms with Gasteiger partial charge in [-0.3, -0.25) is 15.0 Å². The fourth-order valence-corrected chi connectivity index (χ4v) is 0.651. The van der Waals surface area contributed by atoms with Crippen molar-refractivity contribution < 1.29 is 24.5 Å². The molecule has 0 fully saturated rings. The molecule has 0 aromatic rings. The molecule has 13 heavy (non-hydrogen) atoms. The molecule has 0 saturated heterocycles. The monoisotopic (exact) mass is 192 g/mol. The minimum absolute atomic E-state index is 0.233. The Balaban J connectivity index is 3.83. The van der Waals surface area contributed by atoms with Gasteiger partial charge in [0.05, 0.1) is 0 Å². The van der Waals surface area contributed by atoms with Crippen molar-refractivity contribution in [1.29, 1.82) is 0 Å². The Morgan fingerprint density at radius 1 is 1.46 bits per heavy atom. The maximum atomic E-state index is 10.7. The van der Waals surface area contributed by atoms with Crippen molar-refractivity contribution in [3.63, 3.8) is 0 Å². The number of hydrazine groups is 1. The highest BCUT2D eigenvalue weighted by atomic mass is 16.6. The highest BCUT2D eigenvalue weighted by Crippen LogP contribution is 1.84. The zero-order valence-corrected chi connectivity index (χ0v) is 7.19. The minimum Gasteiger partial charge on any atom is -0.480 e. The standard InChI is InChI=1S/C6H12N2O5/c1-7-8(2-5(10)11)3-6(12)13-4-9/h7,9H,2-4H2,1H3,(H,10,11). The Morgan fingerprint density at radius 3 is 2.46 bits per heavy atom. The molecule has 0 rings (SSSR count). The molecule has 76 valence electrons. The van der Waals surface area contributed by atoms with Gasteiger partial charge >= 0.3 is 11.9 Å². The summed E-state index contributed by atoms with van der Waals surface area (Å²) >= 11 is 0. The lowest BCUT2D eigenvalue weighted by atomic mass is 10.5. The van der Waals surface area contributed by atoms with Crippen LogP contribution in [0.3, 0.4) is 0 Å². The molecule has 7 nitrogen and oxygen atoms in total. The van der Waals surface area contributed by atoms with Crippen molar-refractivity contribution in [1.82, 2.24) is 10.4 Å².